The van der Waals surface area contributed by atoms with E-state index in [4.69, 9.17) is 4.74 Å². The highest BCUT2D eigenvalue weighted by Crippen LogP contribution is 2.26. The molecular weight excluding hydrogens is 545 g/mol. The standard InChI is InChI=1S/C25H21F3N10O3/c1-13-4-3-5-30-21(13)38-19(8-16(34-38)10-37-35-24(33-36-37)25(26,27)28)23(40)32-20-14(2)6-15(9-29)7-18(20)22(39)31-17-11-41-12-17/h3-8,17H,10-12H2,1-2H3,(H,31,39)(H,32,40). The van der Waals surface area contributed by atoms with Gasteiger partial charge in [-0.25, -0.2) is 9.67 Å². The van der Waals surface area contributed by atoms with E-state index in [-0.39, 0.29) is 40.8 Å². The minimum atomic E-state index is -4.78. The van der Waals surface area contributed by atoms with Crippen molar-refractivity contribution in [2.45, 2.75) is 32.6 Å². The van der Waals surface area contributed by atoms with Gasteiger partial charge < -0.3 is 15.4 Å². The van der Waals surface area contributed by atoms with Crippen molar-refractivity contribution >= 4 is 17.5 Å². The molecule has 0 unspecified atom stereocenters. The molecule has 41 heavy (non-hydrogen) atoms. The predicted molar refractivity (Wildman–Crippen MR) is 134 cm³/mol. The summed E-state index contributed by atoms with van der Waals surface area (Å²) in [5, 5.41) is 29.1. The molecule has 1 aliphatic heterocycles. The number of aromatic nitrogens is 7. The van der Waals surface area contributed by atoms with Crippen LogP contribution in [0.1, 0.15) is 49.1 Å². The molecule has 2 amide bonds. The van der Waals surface area contributed by atoms with Gasteiger partial charge in [0, 0.05) is 6.20 Å². The molecule has 13 nitrogen and oxygen atoms in total. The highest BCUT2D eigenvalue weighted by molar-refractivity contribution is 6.09. The zero-order valence-corrected chi connectivity index (χ0v) is 21.6. The molecule has 210 valence electrons. The molecule has 0 aliphatic carbocycles. The molecule has 0 saturated carbocycles. The Balaban J connectivity index is 1.51. The molecule has 0 atom stereocenters. The molecule has 0 spiro atoms. The number of nitrogens with one attached hydrogen (secondary N) is 2. The number of amides is 2. The monoisotopic (exact) mass is 566 g/mol. The molecule has 2 N–H and O–H groups in total. The molecule has 0 radical (unpaired) electrons. The van der Waals surface area contributed by atoms with Gasteiger partial charge in [-0.3, -0.25) is 9.59 Å². The van der Waals surface area contributed by atoms with E-state index in [1.165, 1.54) is 29.1 Å². The summed E-state index contributed by atoms with van der Waals surface area (Å²) >= 11 is 0. The smallest absolute Gasteiger partial charge is 0.377 e. The number of tetrazole rings is 1. The van der Waals surface area contributed by atoms with Crippen molar-refractivity contribution in [2.75, 3.05) is 18.5 Å². The van der Waals surface area contributed by atoms with Gasteiger partial charge in [-0.15, -0.1) is 10.2 Å². The Labute approximate surface area is 229 Å². The number of pyridine rings is 1. The van der Waals surface area contributed by atoms with Gasteiger partial charge >= 0.3 is 6.18 Å². The minimum Gasteiger partial charge on any atom is -0.377 e. The minimum absolute atomic E-state index is 0.0273. The summed E-state index contributed by atoms with van der Waals surface area (Å²) in [5.41, 5.74) is 1.71. The Morgan fingerprint density at radius 2 is 1.93 bits per heavy atom. The SMILES string of the molecule is Cc1cccnc1-n1nc(Cn2nnc(C(F)(F)F)n2)cc1C(=O)Nc1c(C)cc(C#N)cc1C(=O)NC1COC1. The first-order valence-corrected chi connectivity index (χ1v) is 12.1. The fourth-order valence-corrected chi connectivity index (χ4v) is 4.05. The Kier molecular flexibility index (Phi) is 7.20. The second-order valence-electron chi connectivity index (χ2n) is 9.21. The fraction of sp³-hybridized carbons (Fsp3) is 0.280. The lowest BCUT2D eigenvalue weighted by Gasteiger charge is -2.27. The number of ether oxygens (including phenoxy) is 1. The van der Waals surface area contributed by atoms with E-state index in [1.807, 2.05) is 6.07 Å². The van der Waals surface area contributed by atoms with Crippen LogP contribution in [0.2, 0.25) is 0 Å². The van der Waals surface area contributed by atoms with E-state index in [9.17, 15) is 28.0 Å². The van der Waals surface area contributed by atoms with Crippen LogP contribution in [-0.4, -0.2) is 66.0 Å². The largest absolute Gasteiger partial charge is 0.455 e. The molecule has 4 heterocycles. The number of rotatable bonds is 7. The van der Waals surface area contributed by atoms with Crippen LogP contribution < -0.4 is 10.6 Å². The third kappa shape index (κ3) is 5.75. The molecular formula is C25H21F3N10O3. The Bertz CT molecular complexity index is 1680. The number of nitrogens with zero attached hydrogens (tertiary/aromatic N) is 8. The third-order valence-electron chi connectivity index (χ3n) is 6.11. The fourth-order valence-electron chi connectivity index (χ4n) is 4.05. The maximum absolute atomic E-state index is 13.7. The van der Waals surface area contributed by atoms with Crippen LogP contribution >= 0.6 is 0 Å². The van der Waals surface area contributed by atoms with Crippen molar-refractivity contribution in [1.82, 2.24) is 40.3 Å². The second kappa shape index (κ2) is 10.8. The van der Waals surface area contributed by atoms with Gasteiger partial charge in [0.25, 0.3) is 17.6 Å². The number of carbonyl (C=O) groups excluding carboxylic acids is 2. The quantitative estimate of drug-likeness (QED) is 0.341. The van der Waals surface area contributed by atoms with Gasteiger partial charge in [0.2, 0.25) is 0 Å². The molecule has 4 aromatic rings. The number of alkyl halides is 3. The number of hydrogen-bond acceptors (Lipinski definition) is 9. The lowest BCUT2D eigenvalue weighted by Crippen LogP contribution is -2.48. The molecule has 0 bridgehead atoms. The predicted octanol–water partition coefficient (Wildman–Crippen LogP) is 2.19. The Hall–Kier alpha value is -5.17. The van der Waals surface area contributed by atoms with E-state index in [1.54, 1.807) is 26.0 Å². The lowest BCUT2D eigenvalue weighted by atomic mass is 10.0. The zero-order valence-electron chi connectivity index (χ0n) is 21.6. The summed E-state index contributed by atoms with van der Waals surface area (Å²) in [6, 6.07) is 9.50. The van der Waals surface area contributed by atoms with Crippen molar-refractivity contribution in [2.24, 2.45) is 0 Å². The molecule has 1 saturated heterocycles. The van der Waals surface area contributed by atoms with Crippen molar-refractivity contribution in [3.8, 4) is 11.9 Å². The van der Waals surface area contributed by atoms with Crippen LogP contribution in [0.25, 0.3) is 5.82 Å². The first-order chi connectivity index (χ1) is 19.5. The molecule has 1 aliphatic rings. The van der Waals surface area contributed by atoms with Crippen LogP contribution in [0, 0.1) is 25.2 Å². The molecule has 1 fully saturated rings. The van der Waals surface area contributed by atoms with E-state index < -0.39 is 23.8 Å². The van der Waals surface area contributed by atoms with Crippen molar-refractivity contribution in [1.29, 1.82) is 5.26 Å². The number of nitriles is 1. The van der Waals surface area contributed by atoms with E-state index in [0.29, 0.717) is 35.0 Å². The highest BCUT2D eigenvalue weighted by Gasteiger charge is 2.37. The average Bonchev–Trinajstić information content (AvgIpc) is 3.55. The van der Waals surface area contributed by atoms with E-state index in [0.717, 1.165) is 0 Å². The maximum atomic E-state index is 13.7. The maximum Gasteiger partial charge on any atom is 0.455 e. The molecule has 16 heteroatoms. The van der Waals surface area contributed by atoms with Crippen molar-refractivity contribution < 1.29 is 27.5 Å². The number of hydrogen-bond donors (Lipinski definition) is 2. The number of benzene rings is 1. The van der Waals surface area contributed by atoms with Gasteiger partial charge in [0.1, 0.15) is 12.2 Å². The topological polar surface area (TPSA) is 166 Å². The number of anilines is 1. The van der Waals surface area contributed by atoms with Crippen LogP contribution in [0.5, 0.6) is 0 Å². The number of carbonyl (C=O) groups is 2. The zero-order chi connectivity index (χ0) is 29.3. The number of aryl methyl sites for hydroxylation is 2. The normalized spacial score (nSPS) is 13.4. The van der Waals surface area contributed by atoms with Gasteiger partial charge in [-0.2, -0.15) is 28.3 Å². The van der Waals surface area contributed by atoms with Crippen molar-refractivity contribution in [3.05, 3.63) is 76.0 Å². The van der Waals surface area contributed by atoms with Crippen LogP contribution in [-0.2, 0) is 17.5 Å². The summed E-state index contributed by atoms with van der Waals surface area (Å²) in [6.45, 7) is 3.76. The summed E-state index contributed by atoms with van der Waals surface area (Å²) in [7, 11) is 0. The second-order valence-corrected chi connectivity index (χ2v) is 9.21. The Morgan fingerprint density at radius 1 is 1.15 bits per heavy atom. The number of halogens is 3. The van der Waals surface area contributed by atoms with Crippen LogP contribution in [0.15, 0.2) is 36.5 Å². The highest BCUT2D eigenvalue weighted by atomic mass is 19.4. The van der Waals surface area contributed by atoms with E-state index in [2.05, 4.69) is 36.1 Å². The first kappa shape index (κ1) is 27.4. The Morgan fingerprint density at radius 3 is 2.56 bits per heavy atom. The van der Waals surface area contributed by atoms with Gasteiger partial charge in [0.05, 0.1) is 47.8 Å². The summed E-state index contributed by atoms with van der Waals surface area (Å²) in [6.07, 6.45) is -3.28. The van der Waals surface area contributed by atoms with Gasteiger partial charge in [-0.1, -0.05) is 6.07 Å². The molecule has 3 aromatic heterocycles. The first-order valence-electron chi connectivity index (χ1n) is 12.1. The van der Waals surface area contributed by atoms with Gasteiger partial charge in [0.15, 0.2) is 5.82 Å². The van der Waals surface area contributed by atoms with E-state index >= 15 is 0 Å². The van der Waals surface area contributed by atoms with Gasteiger partial charge in [-0.05, 0) is 54.5 Å². The third-order valence-corrected chi connectivity index (χ3v) is 6.11. The lowest BCUT2D eigenvalue weighted by molar-refractivity contribution is -0.145. The van der Waals surface area contributed by atoms with Crippen LogP contribution in [0.3, 0.4) is 0 Å². The summed E-state index contributed by atoms with van der Waals surface area (Å²) < 4.78 is 45.2. The molecule has 5 rings (SSSR count). The summed E-state index contributed by atoms with van der Waals surface area (Å²) in [4.78, 5) is 31.7. The van der Waals surface area contributed by atoms with Crippen molar-refractivity contribution in [3.63, 3.8) is 0 Å². The molecule has 1 aromatic carbocycles. The summed E-state index contributed by atoms with van der Waals surface area (Å²) in [5.74, 6) is -2.30. The van der Waals surface area contributed by atoms with Crippen LogP contribution in [0.4, 0.5) is 18.9 Å². The average molecular weight is 567 g/mol.